The third kappa shape index (κ3) is 4.92. The summed E-state index contributed by atoms with van der Waals surface area (Å²) >= 11 is 1.06. The maximum atomic E-state index is 12.4. The summed E-state index contributed by atoms with van der Waals surface area (Å²) in [5.41, 5.74) is 0.760. The molecule has 0 radical (unpaired) electrons. The molecule has 1 heterocycles. The average molecular weight is 422 g/mol. The second-order valence-corrected chi connectivity index (χ2v) is 7.08. The number of aryl methyl sites for hydroxylation is 1. The lowest BCUT2D eigenvalue weighted by Crippen LogP contribution is -1.98. The van der Waals surface area contributed by atoms with Crippen molar-refractivity contribution in [2.24, 2.45) is 0 Å². The van der Waals surface area contributed by atoms with Crippen molar-refractivity contribution in [3.05, 3.63) is 97.9 Å². The Morgan fingerprint density at radius 1 is 1.00 bits per heavy atom. The number of allylic oxidation sites excluding steroid dienone is 1. The number of aromatic nitrogens is 2. The van der Waals surface area contributed by atoms with Crippen molar-refractivity contribution in [1.29, 1.82) is 0 Å². The van der Waals surface area contributed by atoms with Crippen LogP contribution >= 0.6 is 11.8 Å². The molecule has 2 aromatic carbocycles. The normalized spacial score (nSPS) is 10.8. The molecule has 3 aromatic rings. The van der Waals surface area contributed by atoms with Crippen LogP contribution in [-0.2, 0) is 0 Å². The number of benzene rings is 2. The number of carbonyl (C=O) groups is 1. The van der Waals surface area contributed by atoms with E-state index in [1.807, 2.05) is 0 Å². The second-order valence-electron chi connectivity index (χ2n) is 6.07. The van der Waals surface area contributed by atoms with Gasteiger partial charge in [-0.25, -0.2) is 9.97 Å². The van der Waals surface area contributed by atoms with Gasteiger partial charge in [0.25, 0.3) is 11.4 Å². The van der Waals surface area contributed by atoms with Gasteiger partial charge in [-0.05, 0) is 42.5 Å². The van der Waals surface area contributed by atoms with Gasteiger partial charge in [-0.15, -0.1) is 0 Å². The van der Waals surface area contributed by atoms with E-state index in [1.54, 1.807) is 37.5 Å². The Kier molecular flexibility index (Phi) is 6.28. The molecule has 0 bridgehead atoms. The van der Waals surface area contributed by atoms with Crippen molar-refractivity contribution < 1.29 is 14.6 Å². The Balaban J connectivity index is 1.84. The van der Waals surface area contributed by atoms with Crippen LogP contribution < -0.4 is 0 Å². The number of ketones is 1. The largest absolute Gasteiger partial charge is 0.289 e. The predicted octanol–water partition coefficient (Wildman–Crippen LogP) is 4.65. The van der Waals surface area contributed by atoms with Gasteiger partial charge in [0.2, 0.25) is 0 Å². The molecule has 0 aliphatic heterocycles. The molecule has 0 aliphatic carbocycles. The van der Waals surface area contributed by atoms with Gasteiger partial charge in [0.1, 0.15) is 0 Å². The summed E-state index contributed by atoms with van der Waals surface area (Å²) in [6, 6.07) is 10.4. The van der Waals surface area contributed by atoms with E-state index < -0.39 is 15.6 Å². The highest BCUT2D eigenvalue weighted by atomic mass is 32.2. The summed E-state index contributed by atoms with van der Waals surface area (Å²) in [4.78, 5) is 42.2. The van der Waals surface area contributed by atoms with E-state index in [0.717, 1.165) is 11.8 Å². The highest BCUT2D eigenvalue weighted by molar-refractivity contribution is 7.99. The second kappa shape index (κ2) is 9.05. The highest BCUT2D eigenvalue weighted by Crippen LogP contribution is 2.33. The molecule has 150 valence electrons. The standard InChI is InChI=1S/C20H14N4O5S/c1-13-3-6-15(12-16(13)23(26)27)18(25)7-4-14-5-8-19(17(11-14)24(28)29)30-20-21-9-2-10-22-20/h2-12H,1H3. The van der Waals surface area contributed by atoms with Gasteiger partial charge in [-0.2, -0.15) is 0 Å². The molecule has 0 fully saturated rings. The molecule has 0 atom stereocenters. The summed E-state index contributed by atoms with van der Waals surface area (Å²) < 4.78 is 0. The zero-order valence-electron chi connectivity index (χ0n) is 15.6. The Labute approximate surface area is 174 Å². The zero-order valence-corrected chi connectivity index (χ0v) is 16.4. The molecule has 10 heteroatoms. The van der Waals surface area contributed by atoms with E-state index in [9.17, 15) is 25.0 Å². The first-order chi connectivity index (χ1) is 14.3. The van der Waals surface area contributed by atoms with E-state index in [-0.39, 0.29) is 16.9 Å². The molecule has 9 nitrogen and oxygen atoms in total. The minimum absolute atomic E-state index is 0.144. The monoisotopic (exact) mass is 422 g/mol. The summed E-state index contributed by atoms with van der Waals surface area (Å²) in [5.74, 6) is -0.447. The molecule has 30 heavy (non-hydrogen) atoms. The number of nitro groups is 2. The number of nitrogens with zero attached hydrogens (tertiary/aromatic N) is 4. The van der Waals surface area contributed by atoms with E-state index >= 15 is 0 Å². The summed E-state index contributed by atoms with van der Waals surface area (Å²) in [7, 11) is 0. The van der Waals surface area contributed by atoms with Gasteiger partial charge in [0.05, 0.1) is 14.7 Å². The fourth-order valence-corrected chi connectivity index (χ4v) is 3.33. The summed E-state index contributed by atoms with van der Waals surface area (Å²) in [6.45, 7) is 1.58. The molecule has 0 unspecified atom stereocenters. The minimum Gasteiger partial charge on any atom is -0.289 e. The van der Waals surface area contributed by atoms with Crippen LogP contribution in [0.25, 0.3) is 6.08 Å². The highest BCUT2D eigenvalue weighted by Gasteiger charge is 2.17. The fourth-order valence-electron chi connectivity index (χ4n) is 2.53. The maximum Gasteiger partial charge on any atom is 0.283 e. The Morgan fingerprint density at radius 3 is 2.37 bits per heavy atom. The van der Waals surface area contributed by atoms with Gasteiger partial charge in [0, 0.05) is 35.7 Å². The van der Waals surface area contributed by atoms with Crippen LogP contribution in [0.3, 0.4) is 0 Å². The third-order valence-electron chi connectivity index (χ3n) is 4.04. The number of carbonyl (C=O) groups excluding carboxylic acids is 1. The molecular formula is C20H14N4O5S. The number of hydrogen-bond donors (Lipinski definition) is 0. The van der Waals surface area contributed by atoms with Gasteiger partial charge in [-0.1, -0.05) is 24.3 Å². The smallest absolute Gasteiger partial charge is 0.283 e. The van der Waals surface area contributed by atoms with Crippen LogP contribution in [0, 0.1) is 27.2 Å². The van der Waals surface area contributed by atoms with Gasteiger partial charge in [0.15, 0.2) is 10.9 Å². The first kappa shape index (κ1) is 20.8. The summed E-state index contributed by atoms with van der Waals surface area (Å²) in [6.07, 6.45) is 5.73. The molecule has 0 N–H and O–H groups in total. The molecule has 0 saturated carbocycles. The summed E-state index contributed by atoms with van der Waals surface area (Å²) in [5, 5.41) is 22.9. The molecular weight excluding hydrogens is 408 g/mol. The first-order valence-corrected chi connectivity index (χ1v) is 9.37. The van der Waals surface area contributed by atoms with Crippen LogP contribution in [0.15, 0.2) is 71.0 Å². The zero-order chi connectivity index (χ0) is 21.7. The molecule has 0 spiro atoms. The van der Waals surface area contributed by atoms with Crippen LogP contribution in [0.4, 0.5) is 11.4 Å². The Morgan fingerprint density at radius 2 is 1.70 bits per heavy atom. The van der Waals surface area contributed by atoms with Crippen molar-refractivity contribution in [3.8, 4) is 0 Å². The van der Waals surface area contributed by atoms with Crippen molar-refractivity contribution >= 4 is 35.0 Å². The van der Waals surface area contributed by atoms with Crippen molar-refractivity contribution in [2.75, 3.05) is 0 Å². The topological polar surface area (TPSA) is 129 Å². The minimum atomic E-state index is -0.550. The lowest BCUT2D eigenvalue weighted by molar-refractivity contribution is -0.387. The molecule has 0 aliphatic rings. The molecule has 3 rings (SSSR count). The average Bonchev–Trinajstić information content (AvgIpc) is 2.73. The van der Waals surface area contributed by atoms with Crippen molar-refractivity contribution in [2.45, 2.75) is 17.0 Å². The lowest BCUT2D eigenvalue weighted by Gasteiger charge is -2.03. The Bertz CT molecular complexity index is 1170. The van der Waals surface area contributed by atoms with Crippen molar-refractivity contribution in [3.63, 3.8) is 0 Å². The maximum absolute atomic E-state index is 12.4. The number of rotatable bonds is 7. The van der Waals surface area contributed by atoms with E-state index in [4.69, 9.17) is 0 Å². The molecule has 0 amide bonds. The van der Waals surface area contributed by atoms with E-state index in [1.165, 1.54) is 36.4 Å². The van der Waals surface area contributed by atoms with Crippen LogP contribution in [0.5, 0.6) is 0 Å². The molecule has 1 aromatic heterocycles. The lowest BCUT2D eigenvalue weighted by atomic mass is 10.1. The number of nitro benzene ring substituents is 2. The SMILES string of the molecule is Cc1ccc(C(=O)C=Cc2ccc(Sc3ncccn3)c([N+](=O)[O-])c2)cc1[N+](=O)[O-]. The van der Waals surface area contributed by atoms with E-state index in [2.05, 4.69) is 9.97 Å². The fraction of sp³-hybridized carbons (Fsp3) is 0.0500. The van der Waals surface area contributed by atoms with Crippen LogP contribution in [0.2, 0.25) is 0 Å². The van der Waals surface area contributed by atoms with Crippen molar-refractivity contribution in [1.82, 2.24) is 9.97 Å². The quantitative estimate of drug-likeness (QED) is 0.177. The van der Waals surface area contributed by atoms with Crippen LogP contribution in [0.1, 0.15) is 21.5 Å². The van der Waals surface area contributed by atoms with Gasteiger partial charge in [-0.3, -0.25) is 25.0 Å². The van der Waals surface area contributed by atoms with Gasteiger partial charge >= 0.3 is 0 Å². The molecule has 0 saturated heterocycles. The first-order valence-electron chi connectivity index (χ1n) is 8.56. The number of hydrogen-bond acceptors (Lipinski definition) is 8. The predicted molar refractivity (Wildman–Crippen MR) is 110 cm³/mol. The third-order valence-corrected chi connectivity index (χ3v) is 5.00. The van der Waals surface area contributed by atoms with Crippen LogP contribution in [-0.4, -0.2) is 25.6 Å². The van der Waals surface area contributed by atoms with E-state index in [0.29, 0.717) is 21.2 Å². The van der Waals surface area contributed by atoms with Gasteiger partial charge < -0.3 is 0 Å². The Hall–Kier alpha value is -3.92.